The smallest absolute Gasteiger partial charge is 0.222 e. The van der Waals surface area contributed by atoms with Crippen molar-refractivity contribution in [1.29, 1.82) is 5.41 Å². The normalized spacial score (nSPS) is 9.62. The minimum absolute atomic E-state index is 0.0305. The Hall–Kier alpha value is -1.78. The zero-order chi connectivity index (χ0) is 9.84. The van der Waals surface area contributed by atoms with Crippen molar-refractivity contribution in [2.75, 3.05) is 0 Å². The van der Waals surface area contributed by atoms with E-state index in [1.165, 1.54) is 23.9 Å². The van der Waals surface area contributed by atoms with Crippen LogP contribution < -0.4 is 5.62 Å². The molecule has 0 aromatic carbocycles. The zero-order valence-corrected chi connectivity index (χ0v) is 7.15. The molecule has 0 spiro atoms. The van der Waals surface area contributed by atoms with Crippen LogP contribution in [-0.4, -0.2) is 21.1 Å². The number of aromatic nitrogens is 2. The van der Waals surface area contributed by atoms with E-state index >= 15 is 0 Å². The zero-order valence-electron chi connectivity index (χ0n) is 7.15. The number of ketones is 2. The van der Waals surface area contributed by atoms with E-state index in [1.807, 2.05) is 0 Å². The van der Waals surface area contributed by atoms with Gasteiger partial charge in [0.05, 0.1) is 6.54 Å². The van der Waals surface area contributed by atoms with Crippen molar-refractivity contribution < 1.29 is 9.59 Å². The number of Topliss-reactive ketones (excluding diaryl/α,β-unsaturated/α-hetero) is 2. The summed E-state index contributed by atoms with van der Waals surface area (Å²) >= 11 is 0. The van der Waals surface area contributed by atoms with E-state index < -0.39 is 11.6 Å². The molecule has 1 aromatic heterocycles. The number of hydrogen-bond acceptors (Lipinski definition) is 4. The maximum Gasteiger partial charge on any atom is 0.222 e. The van der Waals surface area contributed by atoms with Crippen molar-refractivity contribution in [1.82, 2.24) is 9.55 Å². The number of rotatable bonds is 3. The molecule has 0 saturated heterocycles. The summed E-state index contributed by atoms with van der Waals surface area (Å²) in [6, 6.07) is 1.60. The molecule has 0 atom stereocenters. The molecule has 0 fully saturated rings. The van der Waals surface area contributed by atoms with Crippen LogP contribution in [-0.2, 0) is 16.1 Å². The van der Waals surface area contributed by atoms with Gasteiger partial charge >= 0.3 is 0 Å². The second kappa shape index (κ2) is 3.75. The Labute approximate surface area is 74.5 Å². The summed E-state index contributed by atoms with van der Waals surface area (Å²) in [5.41, 5.74) is -0.0305. The van der Waals surface area contributed by atoms with Gasteiger partial charge in [0.1, 0.15) is 0 Å². The van der Waals surface area contributed by atoms with Crippen LogP contribution in [0.5, 0.6) is 0 Å². The van der Waals surface area contributed by atoms with Gasteiger partial charge in [0.15, 0.2) is 5.78 Å². The molecule has 0 radical (unpaired) electrons. The first-order chi connectivity index (χ1) is 6.11. The third-order valence-corrected chi connectivity index (χ3v) is 1.53. The summed E-state index contributed by atoms with van der Waals surface area (Å²) in [5.74, 6) is -1.03. The predicted molar refractivity (Wildman–Crippen MR) is 43.8 cm³/mol. The van der Waals surface area contributed by atoms with Crippen LogP contribution in [0.15, 0.2) is 18.5 Å². The van der Waals surface area contributed by atoms with Crippen LogP contribution in [0.3, 0.4) is 0 Å². The van der Waals surface area contributed by atoms with E-state index in [0.29, 0.717) is 0 Å². The first kappa shape index (κ1) is 9.31. The number of nitrogens with one attached hydrogen (secondary N) is 1. The Bertz CT molecular complexity index is 394. The third-order valence-electron chi connectivity index (χ3n) is 1.53. The highest BCUT2D eigenvalue weighted by Gasteiger charge is 2.07. The monoisotopic (exact) mass is 179 g/mol. The van der Waals surface area contributed by atoms with Gasteiger partial charge in [-0.25, -0.2) is 4.98 Å². The predicted octanol–water partition coefficient (Wildman–Crippen LogP) is -0.479. The maximum absolute atomic E-state index is 11.0. The third kappa shape index (κ3) is 2.33. The lowest BCUT2D eigenvalue weighted by atomic mass is 10.3. The molecule has 0 unspecified atom stereocenters. The molecule has 5 nitrogen and oxygen atoms in total. The molecule has 0 aliphatic heterocycles. The SMILES string of the molecule is CC(=O)C(=O)Cn1cccnc1=N. The second-order valence-electron chi connectivity index (χ2n) is 2.55. The summed E-state index contributed by atoms with van der Waals surface area (Å²) in [7, 11) is 0. The standard InChI is InChI=1S/C8H9N3O2/c1-6(12)7(13)5-11-4-2-3-10-8(11)9/h2-4,9H,5H2,1H3. The van der Waals surface area contributed by atoms with Gasteiger partial charge < -0.3 is 4.57 Å². The fraction of sp³-hybridized carbons (Fsp3) is 0.250. The van der Waals surface area contributed by atoms with Crippen LogP contribution in [0.1, 0.15) is 6.92 Å². The summed E-state index contributed by atoms with van der Waals surface area (Å²) in [6.45, 7) is 1.10. The van der Waals surface area contributed by atoms with Crippen molar-refractivity contribution >= 4 is 11.6 Å². The average Bonchev–Trinajstić information content (AvgIpc) is 2.08. The highest BCUT2D eigenvalue weighted by Crippen LogP contribution is 1.83. The minimum atomic E-state index is -0.522. The van der Waals surface area contributed by atoms with Crippen molar-refractivity contribution in [2.24, 2.45) is 0 Å². The molecular weight excluding hydrogens is 170 g/mol. The van der Waals surface area contributed by atoms with Crippen LogP contribution in [0, 0.1) is 5.41 Å². The van der Waals surface area contributed by atoms with Crippen molar-refractivity contribution in [3.05, 3.63) is 24.1 Å². The van der Waals surface area contributed by atoms with Gasteiger partial charge in [0, 0.05) is 19.3 Å². The summed E-state index contributed by atoms with van der Waals surface area (Å²) < 4.78 is 1.31. The molecule has 1 aromatic rings. The van der Waals surface area contributed by atoms with Crippen molar-refractivity contribution in [2.45, 2.75) is 13.5 Å². The van der Waals surface area contributed by atoms with E-state index in [4.69, 9.17) is 5.41 Å². The van der Waals surface area contributed by atoms with Gasteiger partial charge in [-0.2, -0.15) is 0 Å². The molecule has 0 aliphatic rings. The molecule has 0 amide bonds. The lowest BCUT2D eigenvalue weighted by Gasteiger charge is -2.01. The lowest BCUT2D eigenvalue weighted by molar-refractivity contribution is -0.135. The fourth-order valence-electron chi connectivity index (χ4n) is 0.794. The number of carbonyl (C=O) groups is 2. The van der Waals surface area contributed by atoms with E-state index in [2.05, 4.69) is 4.98 Å². The average molecular weight is 179 g/mol. The number of nitrogens with zero attached hydrogens (tertiary/aromatic N) is 2. The van der Waals surface area contributed by atoms with E-state index in [9.17, 15) is 9.59 Å². The molecular formula is C8H9N3O2. The van der Waals surface area contributed by atoms with Crippen molar-refractivity contribution in [3.63, 3.8) is 0 Å². The highest BCUT2D eigenvalue weighted by molar-refractivity contribution is 6.36. The topological polar surface area (TPSA) is 75.8 Å². The molecule has 1 rings (SSSR count). The summed E-state index contributed by atoms with van der Waals surface area (Å²) in [5, 5.41) is 7.29. The van der Waals surface area contributed by atoms with E-state index in [-0.39, 0.29) is 12.2 Å². The fourth-order valence-corrected chi connectivity index (χ4v) is 0.794. The molecule has 13 heavy (non-hydrogen) atoms. The molecule has 0 bridgehead atoms. The largest absolute Gasteiger partial charge is 0.310 e. The molecule has 5 heteroatoms. The van der Waals surface area contributed by atoms with Crippen LogP contribution >= 0.6 is 0 Å². The first-order valence-electron chi connectivity index (χ1n) is 3.71. The molecule has 1 heterocycles. The summed E-state index contributed by atoms with van der Waals surface area (Å²) in [6.07, 6.45) is 2.99. The Morgan fingerprint density at radius 2 is 2.31 bits per heavy atom. The Balaban J connectivity index is 2.87. The van der Waals surface area contributed by atoms with Crippen molar-refractivity contribution in [3.8, 4) is 0 Å². The van der Waals surface area contributed by atoms with Gasteiger partial charge in [-0.1, -0.05) is 0 Å². The summed E-state index contributed by atoms with van der Waals surface area (Å²) in [4.78, 5) is 25.3. The molecule has 1 N–H and O–H groups in total. The highest BCUT2D eigenvalue weighted by atomic mass is 16.2. The molecule has 0 saturated carbocycles. The van der Waals surface area contributed by atoms with Crippen LogP contribution in [0.2, 0.25) is 0 Å². The van der Waals surface area contributed by atoms with Gasteiger partial charge in [0.25, 0.3) is 0 Å². The Morgan fingerprint density at radius 1 is 1.62 bits per heavy atom. The van der Waals surface area contributed by atoms with Gasteiger partial charge in [0.2, 0.25) is 11.4 Å². The maximum atomic E-state index is 11.0. The van der Waals surface area contributed by atoms with E-state index in [1.54, 1.807) is 6.07 Å². The van der Waals surface area contributed by atoms with Gasteiger partial charge in [-0.15, -0.1) is 0 Å². The first-order valence-corrected chi connectivity index (χ1v) is 3.71. The van der Waals surface area contributed by atoms with Gasteiger partial charge in [-0.3, -0.25) is 15.0 Å². The Morgan fingerprint density at radius 3 is 2.85 bits per heavy atom. The molecule has 68 valence electrons. The molecule has 0 aliphatic carbocycles. The number of carbonyl (C=O) groups excluding carboxylic acids is 2. The second-order valence-corrected chi connectivity index (χ2v) is 2.55. The van der Waals surface area contributed by atoms with Crippen LogP contribution in [0.25, 0.3) is 0 Å². The van der Waals surface area contributed by atoms with E-state index in [0.717, 1.165) is 0 Å². The Kier molecular flexibility index (Phi) is 2.69. The quantitative estimate of drug-likeness (QED) is 0.637. The van der Waals surface area contributed by atoms with Gasteiger partial charge in [-0.05, 0) is 6.07 Å². The number of hydrogen-bond donors (Lipinski definition) is 1. The van der Waals surface area contributed by atoms with Crippen LogP contribution in [0.4, 0.5) is 0 Å². The lowest BCUT2D eigenvalue weighted by Crippen LogP contribution is -2.27. The minimum Gasteiger partial charge on any atom is -0.310 e.